The van der Waals surface area contributed by atoms with E-state index >= 15 is 0 Å². The van der Waals surface area contributed by atoms with E-state index in [0.717, 1.165) is 45.2 Å². The van der Waals surface area contributed by atoms with E-state index in [1.165, 1.54) is 0 Å². The highest BCUT2D eigenvalue weighted by Crippen LogP contribution is 2.55. The summed E-state index contributed by atoms with van der Waals surface area (Å²) in [5.74, 6) is -1.27. The standard InChI is InChI=1S/C32H45ClN4O4/c1-5-15-36(16-6-2)17-18-37-28(30(39)35-24-12-7-9-20(3)21(24)4)32-14-13-25(41-32)26(27(32)31(37)40)29(38)34-23-11-8-10-22(33)19-23/h8,10-11,13-14,19-21,24-28H,5-7,9,12,15-18H2,1-4H3,(H,34,38)(H,35,39)/t20?,21?,24?,25-,26?,27-,28?,32?/m0/s1. The normalized spacial score (nSPS) is 33.9. The van der Waals surface area contributed by atoms with Crippen molar-refractivity contribution in [3.63, 3.8) is 0 Å². The van der Waals surface area contributed by atoms with Gasteiger partial charge in [-0.05, 0) is 62.4 Å². The largest absolute Gasteiger partial charge is 0.359 e. The minimum Gasteiger partial charge on any atom is -0.359 e. The highest BCUT2D eigenvalue weighted by Gasteiger charge is 2.72. The molecule has 8 nitrogen and oxygen atoms in total. The number of likely N-dealkylation sites (tertiary alicyclic amines) is 1. The molecule has 4 aliphatic rings. The van der Waals surface area contributed by atoms with Gasteiger partial charge < -0.3 is 25.2 Å². The van der Waals surface area contributed by atoms with E-state index in [4.69, 9.17) is 16.3 Å². The van der Waals surface area contributed by atoms with Crippen molar-refractivity contribution >= 4 is 35.0 Å². The maximum atomic E-state index is 14.3. The zero-order valence-corrected chi connectivity index (χ0v) is 25.5. The molecule has 9 heteroatoms. The summed E-state index contributed by atoms with van der Waals surface area (Å²) in [7, 11) is 0. The Morgan fingerprint density at radius 3 is 2.59 bits per heavy atom. The number of hydrogen-bond donors (Lipinski definition) is 2. The number of hydrogen-bond acceptors (Lipinski definition) is 5. The van der Waals surface area contributed by atoms with Crippen LogP contribution in [0.25, 0.3) is 0 Å². The molecular formula is C32H45ClN4O4. The number of nitrogens with one attached hydrogen (secondary N) is 2. The molecule has 0 radical (unpaired) electrons. The topological polar surface area (TPSA) is 91.0 Å². The van der Waals surface area contributed by atoms with Gasteiger partial charge in [0, 0.05) is 29.8 Å². The van der Waals surface area contributed by atoms with Gasteiger partial charge in [0.05, 0.1) is 17.9 Å². The maximum absolute atomic E-state index is 14.3. The fourth-order valence-electron chi connectivity index (χ4n) is 7.56. The number of anilines is 1. The van der Waals surface area contributed by atoms with Crippen LogP contribution in [0.5, 0.6) is 0 Å². The molecule has 1 aromatic carbocycles. The van der Waals surface area contributed by atoms with Crippen LogP contribution in [0.3, 0.4) is 0 Å². The van der Waals surface area contributed by atoms with E-state index < -0.39 is 29.6 Å². The number of benzene rings is 1. The first-order chi connectivity index (χ1) is 19.7. The van der Waals surface area contributed by atoms with E-state index in [2.05, 4.69) is 43.2 Å². The van der Waals surface area contributed by atoms with Crippen molar-refractivity contribution in [1.29, 1.82) is 0 Å². The average molecular weight is 585 g/mol. The van der Waals surface area contributed by atoms with Crippen molar-refractivity contribution in [2.45, 2.75) is 83.6 Å². The van der Waals surface area contributed by atoms with Crippen molar-refractivity contribution in [2.24, 2.45) is 23.7 Å². The summed E-state index contributed by atoms with van der Waals surface area (Å²) in [6, 6.07) is 6.20. The predicted molar refractivity (Wildman–Crippen MR) is 160 cm³/mol. The van der Waals surface area contributed by atoms with Gasteiger partial charge in [-0.3, -0.25) is 14.4 Å². The van der Waals surface area contributed by atoms with Crippen molar-refractivity contribution in [3.8, 4) is 0 Å². The van der Waals surface area contributed by atoms with Crippen LogP contribution in [-0.2, 0) is 19.1 Å². The highest BCUT2D eigenvalue weighted by molar-refractivity contribution is 6.30. The number of carbonyl (C=O) groups excluding carboxylic acids is 3. The maximum Gasteiger partial charge on any atom is 0.246 e. The molecule has 2 saturated heterocycles. The van der Waals surface area contributed by atoms with Gasteiger partial charge in [-0.15, -0.1) is 0 Å². The molecule has 6 unspecified atom stereocenters. The van der Waals surface area contributed by atoms with Crippen molar-refractivity contribution in [1.82, 2.24) is 15.1 Å². The minimum absolute atomic E-state index is 0.0554. The molecular weight excluding hydrogens is 540 g/mol. The van der Waals surface area contributed by atoms with Crippen LogP contribution in [0.1, 0.15) is 59.8 Å². The SMILES string of the molecule is CCCN(CCC)CCN1C(=O)[C@@H]2C(C(=O)Nc3cccc(Cl)c3)[C@@H]3C=CC2(O3)C1C(=O)NC1CCCC(C)C1C. The fourth-order valence-corrected chi connectivity index (χ4v) is 7.75. The van der Waals surface area contributed by atoms with Gasteiger partial charge in [0.1, 0.15) is 11.6 Å². The first kappa shape index (κ1) is 30.1. The number of nitrogens with zero attached hydrogens (tertiary/aromatic N) is 2. The molecule has 2 bridgehead atoms. The Bertz CT molecular complexity index is 1170. The number of ether oxygens (including phenoxy) is 1. The lowest BCUT2D eigenvalue weighted by molar-refractivity contribution is -0.141. The molecule has 8 atom stereocenters. The van der Waals surface area contributed by atoms with Crippen LogP contribution >= 0.6 is 11.6 Å². The third-order valence-corrected chi connectivity index (χ3v) is 10.0. The van der Waals surface area contributed by atoms with Crippen LogP contribution in [0.4, 0.5) is 5.69 Å². The van der Waals surface area contributed by atoms with Gasteiger partial charge in [-0.2, -0.15) is 0 Å². The van der Waals surface area contributed by atoms with E-state index in [0.29, 0.717) is 35.6 Å². The Kier molecular flexibility index (Phi) is 9.12. The number of amides is 3. The fraction of sp³-hybridized carbons (Fsp3) is 0.656. The summed E-state index contributed by atoms with van der Waals surface area (Å²) in [5.41, 5.74) is -0.596. The third-order valence-electron chi connectivity index (χ3n) is 9.79. The van der Waals surface area contributed by atoms with Gasteiger partial charge in [0.25, 0.3) is 0 Å². The minimum atomic E-state index is -1.16. The molecule has 0 aromatic heterocycles. The lowest BCUT2D eigenvalue weighted by atomic mass is 9.73. The van der Waals surface area contributed by atoms with Crippen LogP contribution in [-0.4, -0.2) is 77.5 Å². The quantitative estimate of drug-likeness (QED) is 0.374. The molecule has 5 rings (SSSR count). The van der Waals surface area contributed by atoms with E-state index in [1.54, 1.807) is 29.2 Å². The van der Waals surface area contributed by atoms with Gasteiger partial charge in [-0.1, -0.05) is 70.4 Å². The van der Waals surface area contributed by atoms with E-state index in [1.807, 2.05) is 12.2 Å². The lowest BCUT2D eigenvalue weighted by Crippen LogP contribution is -2.58. The Morgan fingerprint density at radius 2 is 1.88 bits per heavy atom. The summed E-state index contributed by atoms with van der Waals surface area (Å²) < 4.78 is 6.52. The van der Waals surface area contributed by atoms with Crippen LogP contribution in [0, 0.1) is 23.7 Å². The molecule has 1 saturated carbocycles. The summed E-state index contributed by atoms with van der Waals surface area (Å²) >= 11 is 6.14. The molecule has 41 heavy (non-hydrogen) atoms. The third kappa shape index (κ3) is 5.67. The van der Waals surface area contributed by atoms with Gasteiger partial charge >= 0.3 is 0 Å². The van der Waals surface area contributed by atoms with E-state index in [9.17, 15) is 14.4 Å². The molecule has 224 valence electrons. The first-order valence-electron chi connectivity index (χ1n) is 15.5. The second kappa shape index (κ2) is 12.4. The molecule has 1 aliphatic carbocycles. The predicted octanol–water partition coefficient (Wildman–Crippen LogP) is 4.49. The van der Waals surface area contributed by atoms with Crippen molar-refractivity contribution < 1.29 is 19.1 Å². The highest BCUT2D eigenvalue weighted by atomic mass is 35.5. The number of halogens is 1. The van der Waals surface area contributed by atoms with Gasteiger partial charge in [0.2, 0.25) is 17.7 Å². The number of fused-ring (bicyclic) bond motifs is 1. The Balaban J connectivity index is 1.43. The van der Waals surface area contributed by atoms with Crippen molar-refractivity contribution in [3.05, 3.63) is 41.4 Å². The molecule has 1 aromatic rings. The average Bonchev–Trinajstić information content (AvgIpc) is 3.57. The van der Waals surface area contributed by atoms with Crippen molar-refractivity contribution in [2.75, 3.05) is 31.5 Å². The zero-order valence-electron chi connectivity index (χ0n) is 24.8. The first-order valence-corrected chi connectivity index (χ1v) is 15.8. The molecule has 3 amide bonds. The second-order valence-electron chi connectivity index (χ2n) is 12.5. The Hall–Kier alpha value is -2.42. The van der Waals surface area contributed by atoms with Crippen LogP contribution < -0.4 is 10.6 Å². The molecule has 2 N–H and O–H groups in total. The summed E-state index contributed by atoms with van der Waals surface area (Å²) in [5, 5.41) is 6.79. The number of rotatable bonds is 11. The summed E-state index contributed by atoms with van der Waals surface area (Å²) in [4.78, 5) is 46.2. The van der Waals surface area contributed by atoms with Gasteiger partial charge in [0.15, 0.2) is 0 Å². The molecule has 3 heterocycles. The molecule has 3 aliphatic heterocycles. The smallest absolute Gasteiger partial charge is 0.246 e. The monoisotopic (exact) mass is 584 g/mol. The van der Waals surface area contributed by atoms with Crippen LogP contribution in [0.15, 0.2) is 36.4 Å². The summed E-state index contributed by atoms with van der Waals surface area (Å²) in [6.45, 7) is 11.7. The zero-order chi connectivity index (χ0) is 29.3. The summed E-state index contributed by atoms with van der Waals surface area (Å²) in [6.07, 6.45) is 8.38. The molecule has 1 spiro atoms. The molecule has 3 fully saturated rings. The Morgan fingerprint density at radius 1 is 1.12 bits per heavy atom. The van der Waals surface area contributed by atoms with E-state index in [-0.39, 0.29) is 23.8 Å². The second-order valence-corrected chi connectivity index (χ2v) is 12.9. The van der Waals surface area contributed by atoms with Crippen LogP contribution in [0.2, 0.25) is 5.02 Å². The van der Waals surface area contributed by atoms with Gasteiger partial charge in [-0.25, -0.2) is 0 Å². The Labute approximate surface area is 249 Å². The number of carbonyl (C=O) groups is 3. The lowest BCUT2D eigenvalue weighted by Gasteiger charge is -2.38.